The van der Waals surface area contributed by atoms with Crippen LogP contribution in [0.1, 0.15) is 44.1 Å². The standard InChI is InChI=1S/C23H34N2O3/c26-21-11-15-25(17-23(21,22(27)28)16-19-6-7-19)20-9-13-24(14-10-20)12-8-18-4-2-1-3-5-18/h1-5,19-21,26H,6-17H2,(H,27,28)/t21-,23-/m1/s1. The highest BCUT2D eigenvalue weighted by atomic mass is 16.4. The summed E-state index contributed by atoms with van der Waals surface area (Å²) in [5, 5.41) is 20.6. The molecule has 0 spiro atoms. The van der Waals surface area contributed by atoms with Gasteiger partial charge in [-0.1, -0.05) is 43.2 Å². The summed E-state index contributed by atoms with van der Waals surface area (Å²) in [6.07, 6.45) is 6.08. The van der Waals surface area contributed by atoms with Crippen molar-refractivity contribution in [3.63, 3.8) is 0 Å². The summed E-state index contributed by atoms with van der Waals surface area (Å²) in [4.78, 5) is 17.1. The van der Waals surface area contributed by atoms with Gasteiger partial charge in [0.15, 0.2) is 0 Å². The summed E-state index contributed by atoms with van der Waals surface area (Å²) < 4.78 is 0. The van der Waals surface area contributed by atoms with Crippen LogP contribution in [0.15, 0.2) is 30.3 Å². The second kappa shape index (κ2) is 8.52. The number of piperidine rings is 2. The first-order valence-electron chi connectivity index (χ1n) is 11.0. The Bertz CT molecular complexity index is 655. The summed E-state index contributed by atoms with van der Waals surface area (Å²) in [7, 11) is 0. The largest absolute Gasteiger partial charge is 0.481 e. The van der Waals surface area contributed by atoms with Gasteiger partial charge in [0.25, 0.3) is 0 Å². The molecule has 0 bridgehead atoms. The number of carboxylic acid groups (broad SMARTS) is 1. The molecule has 4 rings (SSSR count). The van der Waals surface area contributed by atoms with Crippen LogP contribution in [0.3, 0.4) is 0 Å². The van der Waals surface area contributed by atoms with Gasteiger partial charge in [-0.2, -0.15) is 0 Å². The second-order valence-electron chi connectivity index (χ2n) is 9.19. The Hall–Kier alpha value is -1.43. The molecular weight excluding hydrogens is 352 g/mol. The van der Waals surface area contributed by atoms with E-state index in [2.05, 4.69) is 40.1 Å². The Labute approximate surface area is 168 Å². The number of rotatable bonds is 7. The lowest BCUT2D eigenvalue weighted by Gasteiger charge is -2.48. The topological polar surface area (TPSA) is 64.0 Å². The van der Waals surface area contributed by atoms with Gasteiger partial charge in [0.2, 0.25) is 0 Å². The minimum absolute atomic E-state index is 0.457. The molecule has 1 aromatic carbocycles. The van der Waals surface area contributed by atoms with E-state index >= 15 is 0 Å². The van der Waals surface area contributed by atoms with E-state index in [1.807, 2.05) is 0 Å². The number of benzene rings is 1. The predicted octanol–water partition coefficient (Wildman–Crippen LogP) is 2.63. The second-order valence-corrected chi connectivity index (χ2v) is 9.19. The van der Waals surface area contributed by atoms with Crippen molar-refractivity contribution in [1.29, 1.82) is 0 Å². The van der Waals surface area contributed by atoms with Gasteiger partial charge >= 0.3 is 5.97 Å². The Balaban J connectivity index is 1.30. The summed E-state index contributed by atoms with van der Waals surface area (Å²) in [5.41, 5.74) is 0.435. The van der Waals surface area contributed by atoms with Crippen LogP contribution in [0, 0.1) is 11.3 Å². The van der Waals surface area contributed by atoms with Gasteiger partial charge in [-0.3, -0.25) is 9.69 Å². The highest BCUT2D eigenvalue weighted by Crippen LogP contribution is 2.45. The minimum atomic E-state index is -0.955. The van der Waals surface area contributed by atoms with Crippen molar-refractivity contribution >= 4 is 5.97 Å². The van der Waals surface area contributed by atoms with E-state index in [-0.39, 0.29) is 0 Å². The third kappa shape index (κ3) is 4.42. The van der Waals surface area contributed by atoms with Gasteiger partial charge in [-0.15, -0.1) is 0 Å². The summed E-state index contributed by atoms with van der Waals surface area (Å²) in [6.45, 7) is 4.61. The number of nitrogens with zero attached hydrogens (tertiary/aromatic N) is 2. The van der Waals surface area contributed by atoms with Crippen LogP contribution in [-0.2, 0) is 11.2 Å². The first-order valence-corrected chi connectivity index (χ1v) is 11.0. The third-order valence-corrected chi connectivity index (χ3v) is 7.22. The maximum Gasteiger partial charge on any atom is 0.313 e. The van der Waals surface area contributed by atoms with Crippen molar-refractivity contribution in [1.82, 2.24) is 9.80 Å². The van der Waals surface area contributed by atoms with Crippen molar-refractivity contribution in [2.75, 3.05) is 32.7 Å². The molecule has 0 unspecified atom stereocenters. The Kier molecular flexibility index (Phi) is 6.04. The number of likely N-dealkylation sites (tertiary alicyclic amines) is 2. The molecule has 2 N–H and O–H groups in total. The molecule has 5 nitrogen and oxygen atoms in total. The molecule has 3 fully saturated rings. The molecule has 2 heterocycles. The van der Waals surface area contributed by atoms with Gasteiger partial charge < -0.3 is 15.1 Å². The number of carbonyl (C=O) groups is 1. The summed E-state index contributed by atoms with van der Waals surface area (Å²) >= 11 is 0. The van der Waals surface area contributed by atoms with Crippen LogP contribution in [0.2, 0.25) is 0 Å². The number of aliphatic hydroxyl groups excluding tert-OH is 1. The lowest BCUT2D eigenvalue weighted by Crippen LogP contribution is -2.59. The molecule has 1 aromatic rings. The fourth-order valence-electron chi connectivity index (χ4n) is 5.20. The SMILES string of the molecule is O=C(O)[C@]1(CC2CC2)CN(C2CCN(CCc3ccccc3)CC2)CC[C@H]1O. The molecule has 2 atom stereocenters. The van der Waals surface area contributed by atoms with E-state index in [1.54, 1.807) is 0 Å². The van der Waals surface area contributed by atoms with Gasteiger partial charge in [-0.25, -0.2) is 0 Å². The Morgan fingerprint density at radius 3 is 2.39 bits per heavy atom. The van der Waals surface area contributed by atoms with E-state index < -0.39 is 17.5 Å². The maximum atomic E-state index is 12.2. The van der Waals surface area contributed by atoms with Crippen LogP contribution >= 0.6 is 0 Å². The maximum absolute atomic E-state index is 12.2. The number of carboxylic acids is 1. The smallest absolute Gasteiger partial charge is 0.313 e. The van der Waals surface area contributed by atoms with Crippen molar-refractivity contribution < 1.29 is 15.0 Å². The van der Waals surface area contributed by atoms with Gasteiger partial charge in [-0.05, 0) is 56.7 Å². The normalized spacial score (nSPS) is 30.4. The fraction of sp³-hybridized carbons (Fsp3) is 0.696. The average Bonchev–Trinajstić information content (AvgIpc) is 3.53. The zero-order valence-electron chi connectivity index (χ0n) is 16.8. The Morgan fingerprint density at radius 1 is 1.04 bits per heavy atom. The van der Waals surface area contributed by atoms with Crippen LogP contribution in [0.25, 0.3) is 0 Å². The lowest BCUT2D eigenvalue weighted by molar-refractivity contribution is -0.166. The zero-order valence-corrected chi connectivity index (χ0v) is 16.8. The number of aliphatic carboxylic acids is 1. The molecule has 2 saturated heterocycles. The summed E-state index contributed by atoms with van der Waals surface area (Å²) in [5.74, 6) is -0.289. The van der Waals surface area contributed by atoms with Crippen LogP contribution < -0.4 is 0 Å². The van der Waals surface area contributed by atoms with Crippen molar-refractivity contribution in [2.45, 2.75) is 57.1 Å². The molecule has 28 heavy (non-hydrogen) atoms. The lowest BCUT2D eigenvalue weighted by atomic mass is 9.72. The number of aliphatic hydroxyl groups is 1. The molecule has 0 amide bonds. The first-order chi connectivity index (χ1) is 13.6. The van der Waals surface area contributed by atoms with Crippen molar-refractivity contribution in [2.24, 2.45) is 11.3 Å². The molecule has 0 aromatic heterocycles. The number of hydrogen-bond acceptors (Lipinski definition) is 4. The molecule has 3 aliphatic rings. The van der Waals surface area contributed by atoms with E-state index in [4.69, 9.17) is 0 Å². The molecule has 1 aliphatic carbocycles. The fourth-order valence-corrected chi connectivity index (χ4v) is 5.20. The molecular formula is C23H34N2O3. The average molecular weight is 387 g/mol. The highest BCUT2D eigenvalue weighted by molar-refractivity contribution is 5.76. The van der Waals surface area contributed by atoms with E-state index in [1.165, 1.54) is 5.56 Å². The van der Waals surface area contributed by atoms with Crippen molar-refractivity contribution in [3.8, 4) is 0 Å². The van der Waals surface area contributed by atoms with E-state index in [0.29, 0.717) is 31.3 Å². The minimum Gasteiger partial charge on any atom is -0.481 e. The Morgan fingerprint density at radius 2 is 1.75 bits per heavy atom. The molecule has 1 saturated carbocycles. The van der Waals surface area contributed by atoms with Crippen LogP contribution in [0.5, 0.6) is 0 Å². The predicted molar refractivity (Wildman–Crippen MR) is 109 cm³/mol. The molecule has 5 heteroatoms. The van der Waals surface area contributed by atoms with Gasteiger partial charge in [0, 0.05) is 25.7 Å². The third-order valence-electron chi connectivity index (χ3n) is 7.22. The number of hydrogen-bond donors (Lipinski definition) is 2. The van der Waals surface area contributed by atoms with Crippen LogP contribution in [0.4, 0.5) is 0 Å². The van der Waals surface area contributed by atoms with E-state index in [9.17, 15) is 15.0 Å². The summed E-state index contributed by atoms with van der Waals surface area (Å²) in [6, 6.07) is 11.1. The van der Waals surface area contributed by atoms with Crippen LogP contribution in [-0.4, -0.2) is 70.9 Å². The quantitative estimate of drug-likeness (QED) is 0.754. The highest BCUT2D eigenvalue weighted by Gasteiger charge is 2.52. The van der Waals surface area contributed by atoms with Gasteiger partial charge in [0.1, 0.15) is 5.41 Å². The van der Waals surface area contributed by atoms with Gasteiger partial charge in [0.05, 0.1) is 6.10 Å². The molecule has 0 radical (unpaired) electrons. The zero-order chi connectivity index (χ0) is 19.6. The monoisotopic (exact) mass is 386 g/mol. The van der Waals surface area contributed by atoms with E-state index in [0.717, 1.165) is 58.3 Å². The molecule has 154 valence electrons. The molecule has 2 aliphatic heterocycles. The van der Waals surface area contributed by atoms with Crippen molar-refractivity contribution in [3.05, 3.63) is 35.9 Å². The first kappa shape index (κ1) is 19.9.